The minimum Gasteiger partial charge on any atom is -0.494 e. The highest BCUT2D eigenvalue weighted by Crippen LogP contribution is 2.22. The second-order valence-corrected chi connectivity index (χ2v) is 4.85. The summed E-state index contributed by atoms with van der Waals surface area (Å²) in [6.07, 6.45) is 0. The molecule has 0 heterocycles. The molecule has 3 heteroatoms. The Bertz CT molecular complexity index is 348. The molecular formula is C14H24N2O. The van der Waals surface area contributed by atoms with E-state index in [9.17, 15) is 0 Å². The number of benzene rings is 1. The Morgan fingerprint density at radius 3 is 2.18 bits per heavy atom. The van der Waals surface area contributed by atoms with E-state index >= 15 is 0 Å². The Hall–Kier alpha value is -1.06. The zero-order chi connectivity index (χ0) is 12.8. The van der Waals surface area contributed by atoms with Crippen LogP contribution >= 0.6 is 0 Å². The van der Waals surface area contributed by atoms with Gasteiger partial charge in [0, 0.05) is 18.7 Å². The molecule has 1 rings (SSSR count). The molecule has 0 atom stereocenters. The van der Waals surface area contributed by atoms with E-state index in [1.54, 1.807) is 0 Å². The monoisotopic (exact) mass is 236 g/mol. The maximum Gasteiger partial charge on any atom is 0.123 e. The summed E-state index contributed by atoms with van der Waals surface area (Å²) >= 11 is 0. The first-order chi connectivity index (χ1) is 8.02. The number of hydrogen-bond donors (Lipinski definition) is 0. The molecule has 0 bridgehead atoms. The van der Waals surface area contributed by atoms with Crippen molar-refractivity contribution in [2.45, 2.75) is 20.0 Å². The Balaban J connectivity index is 2.92. The Labute approximate surface area is 105 Å². The van der Waals surface area contributed by atoms with E-state index in [4.69, 9.17) is 4.74 Å². The summed E-state index contributed by atoms with van der Waals surface area (Å²) in [5.74, 6) is 1.00. The highest BCUT2D eigenvalue weighted by Gasteiger charge is 2.06. The number of ether oxygens (including phenoxy) is 1. The van der Waals surface area contributed by atoms with E-state index in [0.29, 0.717) is 6.61 Å². The maximum absolute atomic E-state index is 5.66. The van der Waals surface area contributed by atoms with Crippen LogP contribution in [0.1, 0.15) is 18.1 Å². The van der Waals surface area contributed by atoms with Gasteiger partial charge in [-0.25, -0.2) is 0 Å². The maximum atomic E-state index is 5.66. The minimum atomic E-state index is 0.716. The average Bonchev–Trinajstić information content (AvgIpc) is 2.20. The molecule has 0 N–H and O–H groups in total. The molecule has 0 aliphatic rings. The van der Waals surface area contributed by atoms with E-state index in [2.05, 4.69) is 56.2 Å². The zero-order valence-corrected chi connectivity index (χ0v) is 11.7. The fraction of sp³-hybridized carbons (Fsp3) is 0.571. The van der Waals surface area contributed by atoms with Gasteiger partial charge in [-0.1, -0.05) is 6.07 Å². The molecule has 0 saturated heterocycles. The van der Waals surface area contributed by atoms with E-state index in [-0.39, 0.29) is 0 Å². The van der Waals surface area contributed by atoms with Crippen molar-refractivity contribution < 1.29 is 4.74 Å². The van der Waals surface area contributed by atoms with Crippen LogP contribution in [-0.4, -0.2) is 44.6 Å². The van der Waals surface area contributed by atoms with Crippen molar-refractivity contribution in [3.05, 3.63) is 29.3 Å². The predicted molar refractivity (Wildman–Crippen MR) is 72.4 cm³/mol. The summed E-state index contributed by atoms with van der Waals surface area (Å²) in [6, 6.07) is 6.47. The molecular weight excluding hydrogens is 212 g/mol. The van der Waals surface area contributed by atoms with Gasteiger partial charge in [0.15, 0.2) is 0 Å². The standard InChI is InChI=1S/C14H24N2O/c1-6-17-14-8-7-12(10-15(2)3)9-13(14)11-16(4)5/h7-9H,6,10-11H2,1-5H3. The van der Waals surface area contributed by atoms with Crippen LogP contribution in [0.15, 0.2) is 18.2 Å². The quantitative estimate of drug-likeness (QED) is 0.753. The van der Waals surface area contributed by atoms with Crippen molar-refractivity contribution in [2.75, 3.05) is 34.8 Å². The SMILES string of the molecule is CCOc1ccc(CN(C)C)cc1CN(C)C. The molecule has 0 amide bonds. The van der Waals surface area contributed by atoms with Crippen LogP contribution in [0.2, 0.25) is 0 Å². The summed E-state index contributed by atoms with van der Waals surface area (Å²) < 4.78 is 5.66. The third kappa shape index (κ3) is 4.75. The summed E-state index contributed by atoms with van der Waals surface area (Å²) in [5.41, 5.74) is 2.59. The van der Waals surface area contributed by atoms with Crippen molar-refractivity contribution >= 4 is 0 Å². The largest absolute Gasteiger partial charge is 0.494 e. The smallest absolute Gasteiger partial charge is 0.123 e. The summed E-state index contributed by atoms with van der Waals surface area (Å²) in [4.78, 5) is 4.34. The summed E-state index contributed by atoms with van der Waals surface area (Å²) in [7, 11) is 8.33. The van der Waals surface area contributed by atoms with Gasteiger partial charge in [0.25, 0.3) is 0 Å². The van der Waals surface area contributed by atoms with E-state index < -0.39 is 0 Å². The Morgan fingerprint density at radius 2 is 1.65 bits per heavy atom. The molecule has 0 radical (unpaired) electrons. The van der Waals surface area contributed by atoms with E-state index in [0.717, 1.165) is 18.8 Å². The van der Waals surface area contributed by atoms with Gasteiger partial charge in [-0.15, -0.1) is 0 Å². The molecule has 0 aromatic heterocycles. The molecule has 0 aliphatic carbocycles. The molecule has 3 nitrogen and oxygen atoms in total. The van der Waals surface area contributed by atoms with Gasteiger partial charge in [0.05, 0.1) is 6.61 Å². The van der Waals surface area contributed by atoms with Crippen LogP contribution in [0.4, 0.5) is 0 Å². The fourth-order valence-electron chi connectivity index (χ4n) is 1.86. The molecule has 1 aromatic rings. The number of hydrogen-bond acceptors (Lipinski definition) is 3. The van der Waals surface area contributed by atoms with Crippen LogP contribution < -0.4 is 4.74 Å². The van der Waals surface area contributed by atoms with Crippen LogP contribution in [0.25, 0.3) is 0 Å². The molecule has 0 fully saturated rings. The van der Waals surface area contributed by atoms with E-state index in [1.807, 2.05) is 6.92 Å². The van der Waals surface area contributed by atoms with Crippen molar-refractivity contribution in [3.8, 4) is 5.75 Å². The summed E-state index contributed by atoms with van der Waals surface area (Å²) in [6.45, 7) is 4.62. The highest BCUT2D eigenvalue weighted by molar-refractivity contribution is 5.37. The molecule has 0 spiro atoms. The predicted octanol–water partition coefficient (Wildman–Crippen LogP) is 2.21. The lowest BCUT2D eigenvalue weighted by atomic mass is 10.1. The van der Waals surface area contributed by atoms with Crippen molar-refractivity contribution in [1.82, 2.24) is 9.80 Å². The van der Waals surface area contributed by atoms with Crippen LogP contribution in [-0.2, 0) is 13.1 Å². The summed E-state index contributed by atoms with van der Waals surface area (Å²) in [5, 5.41) is 0. The van der Waals surface area contributed by atoms with Crippen molar-refractivity contribution in [2.24, 2.45) is 0 Å². The van der Waals surface area contributed by atoms with Gasteiger partial charge in [0.2, 0.25) is 0 Å². The molecule has 96 valence electrons. The molecule has 0 saturated carbocycles. The van der Waals surface area contributed by atoms with Gasteiger partial charge < -0.3 is 14.5 Å². The fourth-order valence-corrected chi connectivity index (χ4v) is 1.86. The van der Waals surface area contributed by atoms with Crippen LogP contribution in [0.3, 0.4) is 0 Å². The third-order valence-electron chi connectivity index (χ3n) is 2.41. The zero-order valence-electron chi connectivity index (χ0n) is 11.7. The van der Waals surface area contributed by atoms with Gasteiger partial charge in [-0.3, -0.25) is 0 Å². The molecule has 0 unspecified atom stereocenters. The average molecular weight is 236 g/mol. The van der Waals surface area contributed by atoms with Gasteiger partial charge in [-0.05, 0) is 52.8 Å². The Kier molecular flexibility index (Phi) is 5.45. The number of nitrogens with zero attached hydrogens (tertiary/aromatic N) is 2. The lowest BCUT2D eigenvalue weighted by Crippen LogP contribution is -2.14. The minimum absolute atomic E-state index is 0.716. The van der Waals surface area contributed by atoms with Crippen molar-refractivity contribution in [1.29, 1.82) is 0 Å². The Morgan fingerprint density at radius 1 is 1.00 bits per heavy atom. The highest BCUT2D eigenvalue weighted by atomic mass is 16.5. The van der Waals surface area contributed by atoms with Gasteiger partial charge >= 0.3 is 0 Å². The van der Waals surface area contributed by atoms with E-state index in [1.165, 1.54) is 11.1 Å². The lowest BCUT2D eigenvalue weighted by molar-refractivity contribution is 0.324. The third-order valence-corrected chi connectivity index (χ3v) is 2.41. The normalized spacial score (nSPS) is 11.2. The topological polar surface area (TPSA) is 15.7 Å². The second-order valence-electron chi connectivity index (χ2n) is 4.85. The second kappa shape index (κ2) is 6.62. The molecule has 0 aliphatic heterocycles. The first-order valence-corrected chi connectivity index (χ1v) is 6.07. The lowest BCUT2D eigenvalue weighted by Gasteiger charge is -2.17. The first kappa shape index (κ1) is 14.0. The van der Waals surface area contributed by atoms with Gasteiger partial charge in [0.1, 0.15) is 5.75 Å². The number of rotatable bonds is 6. The van der Waals surface area contributed by atoms with Crippen LogP contribution in [0.5, 0.6) is 5.75 Å². The molecule has 1 aromatic carbocycles. The van der Waals surface area contributed by atoms with Crippen LogP contribution in [0, 0.1) is 0 Å². The van der Waals surface area contributed by atoms with Crippen molar-refractivity contribution in [3.63, 3.8) is 0 Å². The molecule has 17 heavy (non-hydrogen) atoms. The van der Waals surface area contributed by atoms with Gasteiger partial charge in [-0.2, -0.15) is 0 Å². The first-order valence-electron chi connectivity index (χ1n) is 6.07.